The van der Waals surface area contributed by atoms with Crippen LogP contribution < -0.4 is 0 Å². The van der Waals surface area contributed by atoms with Crippen molar-refractivity contribution in [3.05, 3.63) is 17.7 Å². The van der Waals surface area contributed by atoms with Crippen LogP contribution in [0, 0.1) is 18.3 Å². The van der Waals surface area contributed by atoms with Gasteiger partial charge in [-0.05, 0) is 20.3 Å². The highest BCUT2D eigenvalue weighted by atomic mass is 15.1. The molecule has 1 rings (SSSR count). The Morgan fingerprint density at radius 2 is 2.42 bits per heavy atom. The topological polar surface area (TPSA) is 41.6 Å². The van der Waals surface area contributed by atoms with Crippen molar-refractivity contribution < 1.29 is 0 Å². The lowest BCUT2D eigenvalue weighted by molar-refractivity contribution is 0.650. The Morgan fingerprint density at radius 3 is 2.83 bits per heavy atom. The lowest BCUT2D eigenvalue weighted by atomic mass is 10.3. The Bertz CT molecular complexity index is 306. The van der Waals surface area contributed by atoms with Gasteiger partial charge in [0.25, 0.3) is 0 Å². The van der Waals surface area contributed by atoms with Crippen LogP contribution in [0.25, 0.3) is 0 Å². The van der Waals surface area contributed by atoms with Gasteiger partial charge in [-0.1, -0.05) is 6.92 Å². The van der Waals surface area contributed by atoms with Crippen molar-refractivity contribution in [2.24, 2.45) is 0 Å². The van der Waals surface area contributed by atoms with Crippen LogP contribution in [0.4, 0.5) is 0 Å². The number of rotatable bonds is 2. The summed E-state index contributed by atoms with van der Waals surface area (Å²) in [7, 11) is 0. The third-order valence-corrected chi connectivity index (χ3v) is 1.93. The molecule has 1 aromatic rings. The molecular weight excluding hydrogens is 150 g/mol. The first-order valence-corrected chi connectivity index (χ1v) is 4.13. The minimum Gasteiger partial charge on any atom is -0.319 e. The average molecular weight is 163 g/mol. The average Bonchev–Trinajstić information content (AvgIpc) is 2.45. The lowest BCUT2D eigenvalue weighted by Crippen LogP contribution is -2.02. The summed E-state index contributed by atoms with van der Waals surface area (Å²) in [6.07, 6.45) is 2.87. The van der Waals surface area contributed by atoms with Crippen LogP contribution >= 0.6 is 0 Å². The molecule has 0 radical (unpaired) electrons. The van der Waals surface area contributed by atoms with Crippen molar-refractivity contribution in [2.75, 3.05) is 0 Å². The van der Waals surface area contributed by atoms with E-state index in [4.69, 9.17) is 5.26 Å². The molecule has 0 N–H and O–H groups in total. The van der Waals surface area contributed by atoms with Gasteiger partial charge in [0, 0.05) is 6.20 Å². The Kier molecular flexibility index (Phi) is 2.49. The number of aromatic nitrogens is 2. The highest BCUT2D eigenvalue weighted by molar-refractivity contribution is 5.06. The van der Waals surface area contributed by atoms with Gasteiger partial charge < -0.3 is 4.57 Å². The summed E-state index contributed by atoms with van der Waals surface area (Å²) in [4.78, 5) is 4.31. The van der Waals surface area contributed by atoms with E-state index in [9.17, 15) is 0 Å². The van der Waals surface area contributed by atoms with Crippen LogP contribution in [-0.4, -0.2) is 9.55 Å². The maximum absolute atomic E-state index is 8.70. The third-order valence-electron chi connectivity index (χ3n) is 1.93. The molecule has 1 heterocycles. The molecule has 1 atom stereocenters. The van der Waals surface area contributed by atoms with Crippen molar-refractivity contribution in [1.82, 2.24) is 9.55 Å². The molecule has 0 aromatic carbocycles. The van der Waals surface area contributed by atoms with E-state index in [-0.39, 0.29) is 6.04 Å². The zero-order valence-corrected chi connectivity index (χ0v) is 7.70. The molecule has 0 bridgehead atoms. The highest BCUT2D eigenvalue weighted by Gasteiger charge is 2.07. The van der Waals surface area contributed by atoms with Crippen LogP contribution in [-0.2, 0) is 6.42 Å². The summed E-state index contributed by atoms with van der Waals surface area (Å²) in [6.45, 7) is 5.85. The van der Waals surface area contributed by atoms with Crippen LogP contribution in [0.3, 0.4) is 0 Å². The molecule has 0 saturated carbocycles. The lowest BCUT2D eigenvalue weighted by Gasteiger charge is -2.04. The Labute approximate surface area is 72.7 Å². The van der Waals surface area contributed by atoms with Crippen molar-refractivity contribution in [1.29, 1.82) is 5.26 Å². The molecular formula is C9H13N3. The molecule has 0 aliphatic heterocycles. The maximum Gasteiger partial charge on any atom is 0.119 e. The van der Waals surface area contributed by atoms with Gasteiger partial charge in [-0.3, -0.25) is 0 Å². The molecule has 1 aromatic heterocycles. The van der Waals surface area contributed by atoms with E-state index >= 15 is 0 Å². The fourth-order valence-corrected chi connectivity index (χ4v) is 1.17. The van der Waals surface area contributed by atoms with Crippen molar-refractivity contribution >= 4 is 0 Å². The van der Waals surface area contributed by atoms with Gasteiger partial charge in [-0.15, -0.1) is 0 Å². The van der Waals surface area contributed by atoms with E-state index in [0.717, 1.165) is 17.9 Å². The van der Waals surface area contributed by atoms with Gasteiger partial charge in [-0.2, -0.15) is 5.26 Å². The summed E-state index contributed by atoms with van der Waals surface area (Å²) in [5.41, 5.74) is 1.05. The summed E-state index contributed by atoms with van der Waals surface area (Å²) >= 11 is 0. The normalized spacial score (nSPS) is 12.5. The molecule has 3 heteroatoms. The van der Waals surface area contributed by atoms with Gasteiger partial charge in [0.05, 0.1) is 11.8 Å². The molecule has 0 saturated heterocycles. The molecule has 3 nitrogen and oxygen atoms in total. The molecule has 0 aliphatic carbocycles. The monoisotopic (exact) mass is 163 g/mol. The second kappa shape index (κ2) is 3.40. The summed E-state index contributed by atoms with van der Waals surface area (Å²) in [5.74, 6) is 0.918. The second-order valence-electron chi connectivity index (χ2n) is 2.85. The predicted molar refractivity (Wildman–Crippen MR) is 46.7 cm³/mol. The van der Waals surface area contributed by atoms with E-state index in [2.05, 4.69) is 18.0 Å². The van der Waals surface area contributed by atoms with E-state index in [1.54, 1.807) is 0 Å². The Balaban J connectivity index is 3.01. The molecule has 0 amide bonds. The first-order chi connectivity index (χ1) is 5.69. The summed E-state index contributed by atoms with van der Waals surface area (Å²) in [6, 6.07) is 2.07. The minimum atomic E-state index is -0.113. The van der Waals surface area contributed by atoms with Gasteiger partial charge in [0.1, 0.15) is 11.9 Å². The van der Waals surface area contributed by atoms with Crippen LogP contribution in [0.5, 0.6) is 0 Å². The molecule has 0 aliphatic rings. The fourth-order valence-electron chi connectivity index (χ4n) is 1.17. The quantitative estimate of drug-likeness (QED) is 0.667. The van der Waals surface area contributed by atoms with Crippen LogP contribution in [0.2, 0.25) is 0 Å². The predicted octanol–water partition coefficient (Wildman–Crippen LogP) is 1.84. The standard InChI is InChI=1S/C9H13N3/c1-4-9-6-12(7(2)5-10)8(3)11-9/h6-7H,4H2,1-3H3/t7-/m0/s1. The van der Waals surface area contributed by atoms with Gasteiger partial charge in [0.2, 0.25) is 0 Å². The number of aryl methyl sites for hydroxylation is 2. The summed E-state index contributed by atoms with van der Waals surface area (Å²) < 4.78 is 1.90. The number of nitrogens with zero attached hydrogens (tertiary/aromatic N) is 3. The van der Waals surface area contributed by atoms with Crippen LogP contribution in [0.15, 0.2) is 6.20 Å². The van der Waals surface area contributed by atoms with Crippen LogP contribution in [0.1, 0.15) is 31.4 Å². The molecule has 0 fully saturated rings. The third kappa shape index (κ3) is 1.48. The minimum absolute atomic E-state index is 0.113. The first-order valence-electron chi connectivity index (χ1n) is 4.13. The number of hydrogen-bond donors (Lipinski definition) is 0. The zero-order valence-electron chi connectivity index (χ0n) is 7.70. The van der Waals surface area contributed by atoms with Gasteiger partial charge in [-0.25, -0.2) is 4.98 Å². The molecule has 64 valence electrons. The molecule has 0 spiro atoms. The number of imidazole rings is 1. The smallest absolute Gasteiger partial charge is 0.119 e. The number of nitriles is 1. The van der Waals surface area contributed by atoms with Crippen molar-refractivity contribution in [2.45, 2.75) is 33.2 Å². The zero-order chi connectivity index (χ0) is 9.14. The fraction of sp³-hybridized carbons (Fsp3) is 0.556. The Hall–Kier alpha value is -1.30. The molecule has 0 unspecified atom stereocenters. The second-order valence-corrected chi connectivity index (χ2v) is 2.85. The van der Waals surface area contributed by atoms with E-state index < -0.39 is 0 Å². The Morgan fingerprint density at radius 1 is 1.75 bits per heavy atom. The maximum atomic E-state index is 8.70. The summed E-state index contributed by atoms with van der Waals surface area (Å²) in [5, 5.41) is 8.70. The van der Waals surface area contributed by atoms with E-state index in [1.807, 2.05) is 24.6 Å². The first kappa shape index (κ1) is 8.79. The SMILES string of the molecule is CCc1cn([C@@H](C)C#N)c(C)n1. The van der Waals surface area contributed by atoms with Gasteiger partial charge in [0.15, 0.2) is 0 Å². The van der Waals surface area contributed by atoms with E-state index in [0.29, 0.717) is 0 Å². The highest BCUT2D eigenvalue weighted by Crippen LogP contribution is 2.10. The largest absolute Gasteiger partial charge is 0.319 e. The molecule has 12 heavy (non-hydrogen) atoms. The van der Waals surface area contributed by atoms with Crippen molar-refractivity contribution in [3.63, 3.8) is 0 Å². The van der Waals surface area contributed by atoms with Gasteiger partial charge >= 0.3 is 0 Å². The number of hydrogen-bond acceptors (Lipinski definition) is 2. The van der Waals surface area contributed by atoms with Crippen molar-refractivity contribution in [3.8, 4) is 6.07 Å². The van der Waals surface area contributed by atoms with E-state index in [1.165, 1.54) is 0 Å².